The lowest BCUT2D eigenvalue weighted by Gasteiger charge is -2.28. The Labute approximate surface area is 170 Å². The van der Waals surface area contributed by atoms with Crippen molar-refractivity contribution in [1.29, 1.82) is 0 Å². The van der Waals surface area contributed by atoms with Crippen LogP contribution in [0.2, 0.25) is 0 Å². The van der Waals surface area contributed by atoms with E-state index in [0.29, 0.717) is 12.5 Å². The molecule has 0 aromatic rings. The van der Waals surface area contributed by atoms with Crippen LogP contribution in [0.1, 0.15) is 72.1 Å². The average molecular weight is 391 g/mol. The molecule has 3 atom stereocenters. The molecule has 1 saturated heterocycles. The van der Waals surface area contributed by atoms with Gasteiger partial charge in [-0.15, -0.1) is 0 Å². The van der Waals surface area contributed by atoms with Gasteiger partial charge in [0.2, 0.25) is 0 Å². The van der Waals surface area contributed by atoms with Gasteiger partial charge < -0.3 is 14.9 Å². The second-order valence-corrected chi connectivity index (χ2v) is 8.21. The van der Waals surface area contributed by atoms with Crippen LogP contribution in [0.25, 0.3) is 0 Å². The summed E-state index contributed by atoms with van der Waals surface area (Å²) in [5.74, 6) is -0.456. The number of carboxylic acid groups (broad SMARTS) is 1. The maximum atomic E-state index is 10.9. The van der Waals surface area contributed by atoms with Crippen LogP contribution in [0.3, 0.4) is 0 Å². The van der Waals surface area contributed by atoms with Crippen molar-refractivity contribution < 1.29 is 19.7 Å². The molecule has 0 saturated carbocycles. The Kier molecular flexibility index (Phi) is 11.1. The molecule has 0 bridgehead atoms. The molecule has 0 aromatic heterocycles. The molecule has 0 aromatic carbocycles. The summed E-state index contributed by atoms with van der Waals surface area (Å²) in [5.41, 5.74) is 3.73. The Balaban J connectivity index is 2.22. The highest BCUT2D eigenvalue weighted by Gasteiger charge is 2.26. The van der Waals surface area contributed by atoms with Crippen LogP contribution in [0.5, 0.6) is 0 Å². The number of hydrogen-bond acceptors (Lipinski definition) is 3. The monoisotopic (exact) mass is 390 g/mol. The summed E-state index contributed by atoms with van der Waals surface area (Å²) in [5, 5.41) is 18.8. The number of hydrogen-bond donors (Lipinski definition) is 2. The third-order valence-electron chi connectivity index (χ3n) is 5.51. The summed E-state index contributed by atoms with van der Waals surface area (Å²) in [6.45, 7) is 14.2. The molecular formula is C24H38O4. The van der Waals surface area contributed by atoms with Gasteiger partial charge in [-0.3, -0.25) is 0 Å². The van der Waals surface area contributed by atoms with Crippen LogP contribution in [0, 0.1) is 5.92 Å². The van der Waals surface area contributed by atoms with E-state index in [1.54, 1.807) is 0 Å². The van der Waals surface area contributed by atoms with Crippen LogP contribution >= 0.6 is 0 Å². The predicted molar refractivity (Wildman–Crippen MR) is 115 cm³/mol. The summed E-state index contributed by atoms with van der Waals surface area (Å²) in [6, 6.07) is 0. The maximum Gasteiger partial charge on any atom is 0.333 e. The SMILES string of the molecule is C=C(C)[C@H](O)CC/C(C)=C/CC/C(C)=C/CC[C@H]1CC[C@H](C(=C)C(=O)O)OC1. The molecule has 2 N–H and O–H groups in total. The number of carbonyl (C=O) groups is 1. The fraction of sp³-hybridized carbons (Fsp3) is 0.625. The second kappa shape index (κ2) is 12.7. The number of ether oxygens (including phenoxy) is 1. The fourth-order valence-electron chi connectivity index (χ4n) is 3.37. The number of allylic oxidation sites excluding steroid dienone is 4. The van der Waals surface area contributed by atoms with E-state index in [4.69, 9.17) is 9.84 Å². The molecule has 1 aliphatic rings. The minimum atomic E-state index is -0.960. The zero-order valence-electron chi connectivity index (χ0n) is 17.9. The van der Waals surface area contributed by atoms with Crippen molar-refractivity contribution >= 4 is 5.97 Å². The van der Waals surface area contributed by atoms with Crippen molar-refractivity contribution in [3.05, 3.63) is 47.6 Å². The second-order valence-electron chi connectivity index (χ2n) is 8.21. The van der Waals surface area contributed by atoms with Crippen LogP contribution in [-0.4, -0.2) is 35.0 Å². The standard InChI is InChI=1S/C24H38O4/c1-17(2)22(25)14-12-19(4)9-6-8-18(3)10-7-11-21-13-15-23(28-16-21)20(5)24(26)27/h9-10,21-23,25H,1,5-8,11-16H2,2-4H3,(H,26,27)/b18-10+,19-9+/t21-,22+,23+/m0/s1. The van der Waals surface area contributed by atoms with Crippen LogP contribution in [0.4, 0.5) is 0 Å². The molecule has 1 heterocycles. The van der Waals surface area contributed by atoms with Crippen LogP contribution in [-0.2, 0) is 9.53 Å². The summed E-state index contributed by atoms with van der Waals surface area (Å²) in [7, 11) is 0. The first-order valence-corrected chi connectivity index (χ1v) is 10.4. The summed E-state index contributed by atoms with van der Waals surface area (Å²) in [4.78, 5) is 10.9. The first kappa shape index (κ1) is 24.4. The predicted octanol–water partition coefficient (Wildman–Crippen LogP) is 5.59. The van der Waals surface area contributed by atoms with Gasteiger partial charge in [-0.25, -0.2) is 4.79 Å². The summed E-state index contributed by atoms with van der Waals surface area (Å²) in [6.07, 6.45) is 11.5. The van der Waals surface area contributed by atoms with E-state index in [2.05, 4.69) is 39.2 Å². The first-order valence-electron chi connectivity index (χ1n) is 10.4. The number of carboxylic acids is 1. The zero-order chi connectivity index (χ0) is 21.1. The Morgan fingerprint density at radius 2 is 1.75 bits per heavy atom. The minimum Gasteiger partial charge on any atom is -0.478 e. The highest BCUT2D eigenvalue weighted by Crippen LogP contribution is 2.26. The molecule has 1 rings (SSSR count). The lowest BCUT2D eigenvalue weighted by Crippen LogP contribution is -2.29. The van der Waals surface area contributed by atoms with Crippen LogP contribution < -0.4 is 0 Å². The highest BCUT2D eigenvalue weighted by atomic mass is 16.5. The smallest absolute Gasteiger partial charge is 0.333 e. The molecule has 0 spiro atoms. The zero-order valence-corrected chi connectivity index (χ0v) is 17.9. The normalized spacial score (nSPS) is 22.0. The molecule has 28 heavy (non-hydrogen) atoms. The molecule has 158 valence electrons. The van der Waals surface area contributed by atoms with Crippen LogP contribution in [0.15, 0.2) is 47.6 Å². The number of aliphatic carboxylic acids is 1. The molecule has 0 radical (unpaired) electrons. The third kappa shape index (κ3) is 9.52. The Hall–Kier alpha value is -1.65. The van der Waals surface area contributed by atoms with Crippen molar-refractivity contribution in [2.75, 3.05) is 6.61 Å². The van der Waals surface area contributed by atoms with Gasteiger partial charge in [0, 0.05) is 0 Å². The maximum absolute atomic E-state index is 10.9. The molecule has 0 unspecified atom stereocenters. The van der Waals surface area contributed by atoms with E-state index >= 15 is 0 Å². The Morgan fingerprint density at radius 3 is 2.32 bits per heavy atom. The molecule has 4 nitrogen and oxygen atoms in total. The van der Waals surface area contributed by atoms with Gasteiger partial charge in [0.05, 0.1) is 24.4 Å². The Morgan fingerprint density at radius 1 is 1.11 bits per heavy atom. The van der Waals surface area contributed by atoms with E-state index in [1.807, 2.05) is 6.92 Å². The number of aliphatic hydroxyl groups excluding tert-OH is 1. The molecule has 4 heteroatoms. The number of rotatable bonds is 12. The van der Waals surface area contributed by atoms with Crippen molar-refractivity contribution in [2.24, 2.45) is 5.92 Å². The van der Waals surface area contributed by atoms with Crippen molar-refractivity contribution in [3.8, 4) is 0 Å². The van der Waals surface area contributed by atoms with Gasteiger partial charge in [-0.2, -0.15) is 0 Å². The van der Waals surface area contributed by atoms with Crippen molar-refractivity contribution in [3.63, 3.8) is 0 Å². The van der Waals surface area contributed by atoms with Gasteiger partial charge in [-0.05, 0) is 78.1 Å². The van der Waals surface area contributed by atoms with E-state index < -0.39 is 12.1 Å². The minimum absolute atomic E-state index is 0.173. The van der Waals surface area contributed by atoms with E-state index in [9.17, 15) is 9.90 Å². The van der Waals surface area contributed by atoms with Gasteiger partial charge >= 0.3 is 5.97 Å². The van der Waals surface area contributed by atoms with Crippen molar-refractivity contribution in [2.45, 2.75) is 84.3 Å². The molecular weight excluding hydrogens is 352 g/mol. The van der Waals surface area contributed by atoms with Gasteiger partial charge in [0.15, 0.2) is 0 Å². The van der Waals surface area contributed by atoms with E-state index in [1.165, 1.54) is 11.1 Å². The molecule has 1 fully saturated rings. The van der Waals surface area contributed by atoms with Gasteiger partial charge in [-0.1, -0.05) is 42.0 Å². The fourth-order valence-corrected chi connectivity index (χ4v) is 3.37. The molecule has 0 amide bonds. The quantitative estimate of drug-likeness (QED) is 0.336. The number of aliphatic hydroxyl groups is 1. The first-order chi connectivity index (χ1) is 13.2. The van der Waals surface area contributed by atoms with E-state index in [-0.39, 0.29) is 11.7 Å². The van der Waals surface area contributed by atoms with Gasteiger partial charge in [0.1, 0.15) is 0 Å². The lowest BCUT2D eigenvalue weighted by atomic mass is 9.91. The molecule has 0 aliphatic carbocycles. The Bertz CT molecular complexity index is 592. The lowest BCUT2D eigenvalue weighted by molar-refractivity contribution is -0.134. The summed E-state index contributed by atoms with van der Waals surface area (Å²) < 4.78 is 5.68. The van der Waals surface area contributed by atoms with Crippen molar-refractivity contribution in [1.82, 2.24) is 0 Å². The van der Waals surface area contributed by atoms with E-state index in [0.717, 1.165) is 56.9 Å². The topological polar surface area (TPSA) is 66.8 Å². The van der Waals surface area contributed by atoms with Gasteiger partial charge in [0.25, 0.3) is 0 Å². The third-order valence-corrected chi connectivity index (χ3v) is 5.51. The average Bonchev–Trinajstić information content (AvgIpc) is 2.65. The summed E-state index contributed by atoms with van der Waals surface area (Å²) >= 11 is 0. The molecule has 1 aliphatic heterocycles. The highest BCUT2D eigenvalue weighted by molar-refractivity contribution is 5.86. The largest absolute Gasteiger partial charge is 0.478 e.